The number of carboxylic acids is 1. The van der Waals surface area contributed by atoms with E-state index >= 15 is 0 Å². The minimum absolute atomic E-state index is 0.0852. The Morgan fingerprint density at radius 3 is 2.17 bits per heavy atom. The molecule has 0 rings (SSSR count). The number of carbonyl (C=O) groups is 2. The molecule has 0 radical (unpaired) electrons. The van der Waals surface area contributed by atoms with Gasteiger partial charge in [0.1, 0.15) is 0 Å². The molecule has 0 aliphatic carbocycles. The third-order valence-electron chi connectivity index (χ3n) is 3.32. The molecule has 106 valence electrons. The summed E-state index contributed by atoms with van der Waals surface area (Å²) in [5, 5.41) is 11.3. The highest BCUT2D eigenvalue weighted by molar-refractivity contribution is 5.85. The normalized spacial score (nSPS) is 11.3. The first-order valence-electron chi connectivity index (χ1n) is 6.75. The second-order valence-electron chi connectivity index (χ2n) is 4.68. The monoisotopic (exact) mass is 258 g/mol. The molecule has 0 spiro atoms. The number of aliphatic carboxylic acids is 1. The molecular weight excluding hydrogens is 232 g/mol. The Hall–Kier alpha value is -1.10. The van der Waals surface area contributed by atoms with Crippen LogP contribution < -0.4 is 11.1 Å². The van der Waals surface area contributed by atoms with Crippen LogP contribution in [0.1, 0.15) is 58.8 Å². The lowest BCUT2D eigenvalue weighted by Crippen LogP contribution is -2.53. The number of carboxylic acid groups (broad SMARTS) is 1. The summed E-state index contributed by atoms with van der Waals surface area (Å²) in [5.41, 5.74) is 5.21. The van der Waals surface area contributed by atoms with Crippen molar-refractivity contribution in [2.45, 2.75) is 64.3 Å². The van der Waals surface area contributed by atoms with Crippen LogP contribution in [0.25, 0.3) is 0 Å². The van der Waals surface area contributed by atoms with E-state index in [1.54, 1.807) is 0 Å². The van der Waals surface area contributed by atoms with Gasteiger partial charge in [-0.25, -0.2) is 0 Å². The lowest BCUT2D eigenvalue weighted by atomic mass is 9.93. The molecule has 0 aliphatic heterocycles. The van der Waals surface area contributed by atoms with Crippen LogP contribution in [0.3, 0.4) is 0 Å². The van der Waals surface area contributed by atoms with Gasteiger partial charge in [0.2, 0.25) is 5.91 Å². The van der Waals surface area contributed by atoms with E-state index in [-0.39, 0.29) is 12.3 Å². The molecule has 0 heterocycles. The summed E-state index contributed by atoms with van der Waals surface area (Å²) in [6.45, 7) is 4.44. The third-order valence-corrected chi connectivity index (χ3v) is 3.32. The molecule has 0 aliphatic rings. The van der Waals surface area contributed by atoms with Gasteiger partial charge in [-0.15, -0.1) is 0 Å². The second-order valence-corrected chi connectivity index (χ2v) is 4.68. The lowest BCUT2D eigenvalue weighted by molar-refractivity contribution is -0.137. The summed E-state index contributed by atoms with van der Waals surface area (Å²) in [4.78, 5) is 22.1. The zero-order valence-corrected chi connectivity index (χ0v) is 11.5. The molecule has 18 heavy (non-hydrogen) atoms. The minimum Gasteiger partial charge on any atom is -0.481 e. The van der Waals surface area contributed by atoms with E-state index in [1.807, 2.05) is 13.8 Å². The van der Waals surface area contributed by atoms with Gasteiger partial charge in [0, 0.05) is 13.0 Å². The number of carbonyl (C=O) groups excluding carboxylic acids is 1. The number of unbranched alkanes of at least 4 members (excludes halogenated alkanes) is 3. The van der Waals surface area contributed by atoms with Crippen LogP contribution in [-0.4, -0.2) is 29.1 Å². The Morgan fingerprint density at radius 2 is 1.67 bits per heavy atom. The van der Waals surface area contributed by atoms with Crippen LogP contribution in [0.4, 0.5) is 0 Å². The van der Waals surface area contributed by atoms with Crippen molar-refractivity contribution < 1.29 is 14.7 Å². The summed E-state index contributed by atoms with van der Waals surface area (Å²) >= 11 is 0. The fraction of sp³-hybridized carbons (Fsp3) is 0.846. The third kappa shape index (κ3) is 6.59. The number of rotatable bonds is 10. The van der Waals surface area contributed by atoms with E-state index in [2.05, 4.69) is 5.32 Å². The van der Waals surface area contributed by atoms with Gasteiger partial charge < -0.3 is 16.2 Å². The molecule has 0 unspecified atom stereocenters. The number of hydrogen-bond acceptors (Lipinski definition) is 3. The molecule has 0 bridgehead atoms. The summed E-state index contributed by atoms with van der Waals surface area (Å²) in [6, 6.07) is 0. The molecule has 5 nitrogen and oxygen atoms in total. The van der Waals surface area contributed by atoms with E-state index in [9.17, 15) is 9.59 Å². The average molecular weight is 258 g/mol. The van der Waals surface area contributed by atoms with Gasteiger partial charge in [-0.2, -0.15) is 0 Å². The van der Waals surface area contributed by atoms with Gasteiger partial charge in [0.05, 0.1) is 5.54 Å². The number of hydrogen-bond donors (Lipinski definition) is 3. The molecule has 4 N–H and O–H groups in total. The van der Waals surface area contributed by atoms with Crippen LogP contribution in [0.5, 0.6) is 0 Å². The van der Waals surface area contributed by atoms with Crippen molar-refractivity contribution in [3.63, 3.8) is 0 Å². The Labute approximate surface area is 109 Å². The summed E-state index contributed by atoms with van der Waals surface area (Å²) in [5.74, 6) is -0.833. The van der Waals surface area contributed by atoms with Gasteiger partial charge >= 0.3 is 5.97 Å². The summed E-state index contributed by atoms with van der Waals surface area (Å²) in [7, 11) is 0. The van der Waals surface area contributed by atoms with E-state index in [1.165, 1.54) is 0 Å². The van der Waals surface area contributed by atoms with Crippen LogP contribution in [0.2, 0.25) is 0 Å². The number of amides is 1. The van der Waals surface area contributed by atoms with Crippen molar-refractivity contribution in [2.75, 3.05) is 6.54 Å². The predicted octanol–water partition coefficient (Wildman–Crippen LogP) is 1.66. The van der Waals surface area contributed by atoms with E-state index < -0.39 is 11.5 Å². The van der Waals surface area contributed by atoms with Gasteiger partial charge in [0.15, 0.2) is 0 Å². The van der Waals surface area contributed by atoms with Crippen LogP contribution in [-0.2, 0) is 9.59 Å². The largest absolute Gasteiger partial charge is 0.481 e. The fourth-order valence-electron chi connectivity index (χ4n) is 1.70. The first kappa shape index (κ1) is 16.9. The second kappa shape index (κ2) is 8.91. The zero-order chi connectivity index (χ0) is 14.0. The topological polar surface area (TPSA) is 92.4 Å². The number of nitrogens with two attached hydrogens (primary N) is 1. The standard InChI is InChI=1S/C13H26N2O3/c1-3-13(14,4-2)12(18)15-10-8-6-5-7-9-11(16)17/h3-10,14H2,1-2H3,(H,15,18)(H,16,17). The maximum atomic E-state index is 11.8. The van der Waals surface area contributed by atoms with Crippen LogP contribution >= 0.6 is 0 Å². The van der Waals surface area contributed by atoms with Crippen molar-refractivity contribution in [3.05, 3.63) is 0 Å². The molecule has 0 saturated heterocycles. The van der Waals surface area contributed by atoms with Gasteiger partial charge in [-0.05, 0) is 25.7 Å². The van der Waals surface area contributed by atoms with Crippen LogP contribution in [0, 0.1) is 0 Å². The first-order valence-corrected chi connectivity index (χ1v) is 6.75. The SMILES string of the molecule is CCC(N)(CC)C(=O)NCCCCCCC(=O)O. The average Bonchev–Trinajstić information content (AvgIpc) is 2.35. The summed E-state index contributed by atoms with van der Waals surface area (Å²) in [6.07, 6.45) is 4.88. The van der Waals surface area contributed by atoms with Crippen molar-refractivity contribution in [2.24, 2.45) is 5.73 Å². The Kier molecular flexibility index (Phi) is 8.37. The maximum absolute atomic E-state index is 11.8. The fourth-order valence-corrected chi connectivity index (χ4v) is 1.70. The Bertz CT molecular complexity index is 263. The lowest BCUT2D eigenvalue weighted by Gasteiger charge is -2.25. The molecule has 0 aromatic heterocycles. The van der Waals surface area contributed by atoms with Gasteiger partial charge in [0.25, 0.3) is 0 Å². The molecule has 0 fully saturated rings. The van der Waals surface area contributed by atoms with Crippen molar-refractivity contribution >= 4 is 11.9 Å². The molecule has 1 amide bonds. The highest BCUT2D eigenvalue weighted by Gasteiger charge is 2.29. The van der Waals surface area contributed by atoms with E-state index in [0.29, 0.717) is 25.8 Å². The molecular formula is C13H26N2O3. The smallest absolute Gasteiger partial charge is 0.303 e. The quantitative estimate of drug-likeness (QED) is 0.519. The first-order chi connectivity index (χ1) is 8.46. The maximum Gasteiger partial charge on any atom is 0.303 e. The molecule has 0 aromatic rings. The molecule has 5 heteroatoms. The van der Waals surface area contributed by atoms with E-state index in [4.69, 9.17) is 10.8 Å². The molecule has 0 atom stereocenters. The highest BCUT2D eigenvalue weighted by Crippen LogP contribution is 2.11. The molecule has 0 saturated carbocycles. The van der Waals surface area contributed by atoms with Gasteiger partial charge in [-0.3, -0.25) is 9.59 Å². The predicted molar refractivity (Wildman–Crippen MR) is 71.2 cm³/mol. The summed E-state index contributed by atoms with van der Waals surface area (Å²) < 4.78 is 0. The van der Waals surface area contributed by atoms with Crippen LogP contribution in [0.15, 0.2) is 0 Å². The van der Waals surface area contributed by atoms with E-state index in [0.717, 1.165) is 19.3 Å². The van der Waals surface area contributed by atoms with Crippen molar-refractivity contribution in [3.8, 4) is 0 Å². The Balaban J connectivity index is 3.60. The van der Waals surface area contributed by atoms with Crippen molar-refractivity contribution in [1.82, 2.24) is 5.32 Å². The van der Waals surface area contributed by atoms with Crippen molar-refractivity contribution in [1.29, 1.82) is 0 Å². The Morgan fingerprint density at radius 1 is 1.11 bits per heavy atom. The zero-order valence-electron chi connectivity index (χ0n) is 11.5. The minimum atomic E-state index is -0.748. The highest BCUT2D eigenvalue weighted by atomic mass is 16.4. The molecule has 0 aromatic carbocycles. The van der Waals surface area contributed by atoms with Gasteiger partial charge in [-0.1, -0.05) is 26.7 Å². The number of nitrogens with one attached hydrogen (secondary N) is 1.